The molecule has 3 amide bonds. The summed E-state index contributed by atoms with van der Waals surface area (Å²) in [5, 5.41) is 4.01. The fourth-order valence-electron chi connectivity index (χ4n) is 5.18. The first-order valence-corrected chi connectivity index (χ1v) is 12.2. The number of amides is 3. The van der Waals surface area contributed by atoms with Crippen LogP contribution in [0.5, 0.6) is 11.5 Å². The molecule has 0 aliphatic carbocycles. The van der Waals surface area contributed by atoms with Gasteiger partial charge in [0.15, 0.2) is 0 Å². The molecule has 1 N–H and O–H groups in total. The van der Waals surface area contributed by atoms with Crippen molar-refractivity contribution in [3.63, 3.8) is 0 Å². The summed E-state index contributed by atoms with van der Waals surface area (Å²) in [6.45, 7) is 3.08. The van der Waals surface area contributed by atoms with Crippen molar-refractivity contribution in [2.45, 2.75) is 12.8 Å². The predicted octanol–water partition coefficient (Wildman–Crippen LogP) is 2.74. The number of hydrogen-bond acceptors (Lipinski definition) is 6. The first-order chi connectivity index (χ1) is 17.3. The van der Waals surface area contributed by atoms with Gasteiger partial charge in [0.1, 0.15) is 34.3 Å². The molecule has 0 bridgehead atoms. The fraction of sp³-hybridized carbons (Fsp3) is 0.440. The van der Waals surface area contributed by atoms with Crippen LogP contribution in [0.25, 0.3) is 11.0 Å². The number of nitrogens with zero attached hydrogens (tertiary/aromatic N) is 5. The lowest BCUT2D eigenvalue weighted by atomic mass is 9.79. The SMILES string of the molecule is COc1cc(CCNC(=O)N2CCC3(C2)CN(C(=O)c2cc4c(Cl)ncnc4n2C)C3)cc(OC)c1. The van der Waals surface area contributed by atoms with E-state index in [0.29, 0.717) is 61.0 Å². The molecule has 5 rings (SSSR count). The maximum atomic E-state index is 13.2. The predicted molar refractivity (Wildman–Crippen MR) is 135 cm³/mol. The van der Waals surface area contributed by atoms with Crippen molar-refractivity contribution in [1.82, 2.24) is 29.7 Å². The second-order valence-corrected chi connectivity index (χ2v) is 9.88. The Morgan fingerprint density at radius 1 is 1.06 bits per heavy atom. The second kappa shape index (κ2) is 9.50. The van der Waals surface area contributed by atoms with E-state index in [1.807, 2.05) is 28.0 Å². The number of fused-ring (bicyclic) bond motifs is 1. The minimum Gasteiger partial charge on any atom is -0.497 e. The molecular formula is C25H29ClN6O4. The number of carbonyl (C=O) groups excluding carboxylic acids is 2. The van der Waals surface area contributed by atoms with Gasteiger partial charge in [-0.15, -0.1) is 0 Å². The molecule has 2 fully saturated rings. The lowest BCUT2D eigenvalue weighted by Crippen LogP contribution is -2.60. The Kier molecular flexibility index (Phi) is 6.38. The summed E-state index contributed by atoms with van der Waals surface area (Å²) >= 11 is 6.17. The van der Waals surface area contributed by atoms with Gasteiger partial charge in [-0.1, -0.05) is 11.6 Å². The number of carbonyl (C=O) groups is 2. The third-order valence-corrected chi connectivity index (χ3v) is 7.46. The number of urea groups is 1. The van der Waals surface area contributed by atoms with Crippen LogP contribution >= 0.6 is 11.6 Å². The summed E-state index contributed by atoms with van der Waals surface area (Å²) in [6.07, 6.45) is 2.94. The van der Waals surface area contributed by atoms with Crippen LogP contribution in [0.2, 0.25) is 5.15 Å². The number of aryl methyl sites for hydroxylation is 1. The third-order valence-electron chi connectivity index (χ3n) is 7.16. The van der Waals surface area contributed by atoms with Crippen LogP contribution in [0.1, 0.15) is 22.5 Å². The molecule has 1 aromatic carbocycles. The molecule has 2 aliphatic rings. The zero-order valence-corrected chi connectivity index (χ0v) is 21.3. The lowest BCUT2D eigenvalue weighted by Gasteiger charge is -2.47. The fourth-order valence-corrected chi connectivity index (χ4v) is 5.36. The summed E-state index contributed by atoms with van der Waals surface area (Å²) in [5.74, 6) is 1.38. The van der Waals surface area contributed by atoms with Gasteiger partial charge in [-0.05, 0) is 36.6 Å². The molecule has 0 radical (unpaired) electrons. The standard InChI is InChI=1S/C25H29ClN6O4/c1-30-20(11-19-21(26)28-15-29-22(19)30)23(33)32-13-25(14-32)5-7-31(12-25)24(34)27-6-4-16-8-17(35-2)10-18(9-16)36-3/h8-11,15H,4-7,12-14H2,1-3H3,(H,27,34). The molecule has 3 aromatic rings. The molecule has 190 valence electrons. The van der Waals surface area contributed by atoms with Crippen molar-refractivity contribution >= 4 is 34.6 Å². The van der Waals surface area contributed by atoms with Crippen molar-refractivity contribution in [2.75, 3.05) is 46.9 Å². The van der Waals surface area contributed by atoms with E-state index in [2.05, 4.69) is 15.3 Å². The topological polar surface area (TPSA) is 102 Å². The molecule has 2 aliphatic heterocycles. The minimum absolute atomic E-state index is 0.0464. The highest BCUT2D eigenvalue weighted by Crippen LogP contribution is 2.40. The summed E-state index contributed by atoms with van der Waals surface area (Å²) in [7, 11) is 5.04. The van der Waals surface area contributed by atoms with Crippen LogP contribution in [0.3, 0.4) is 0 Å². The number of methoxy groups -OCH3 is 2. The van der Waals surface area contributed by atoms with E-state index in [1.54, 1.807) is 31.9 Å². The van der Waals surface area contributed by atoms with Crippen molar-refractivity contribution < 1.29 is 19.1 Å². The van der Waals surface area contributed by atoms with E-state index in [1.165, 1.54) is 6.33 Å². The van der Waals surface area contributed by atoms with E-state index in [4.69, 9.17) is 21.1 Å². The molecule has 10 nitrogen and oxygen atoms in total. The summed E-state index contributed by atoms with van der Waals surface area (Å²) < 4.78 is 12.4. The van der Waals surface area contributed by atoms with E-state index < -0.39 is 0 Å². The Balaban J connectivity index is 1.14. The van der Waals surface area contributed by atoms with Gasteiger partial charge in [0, 0.05) is 51.3 Å². The Morgan fingerprint density at radius 3 is 2.42 bits per heavy atom. The number of benzene rings is 1. The first-order valence-electron chi connectivity index (χ1n) is 11.8. The monoisotopic (exact) mass is 512 g/mol. The van der Waals surface area contributed by atoms with Crippen LogP contribution in [-0.2, 0) is 13.5 Å². The van der Waals surface area contributed by atoms with Crippen molar-refractivity contribution in [2.24, 2.45) is 12.5 Å². The van der Waals surface area contributed by atoms with Crippen molar-refractivity contribution in [1.29, 1.82) is 0 Å². The third kappa shape index (κ3) is 4.41. The average molecular weight is 513 g/mol. The van der Waals surface area contributed by atoms with Gasteiger partial charge in [-0.3, -0.25) is 4.79 Å². The highest BCUT2D eigenvalue weighted by atomic mass is 35.5. The number of aromatic nitrogens is 3. The van der Waals surface area contributed by atoms with Crippen LogP contribution in [0, 0.1) is 5.41 Å². The molecule has 11 heteroatoms. The molecule has 0 unspecified atom stereocenters. The van der Waals surface area contributed by atoms with Crippen LogP contribution in [0.15, 0.2) is 30.6 Å². The van der Waals surface area contributed by atoms with Crippen molar-refractivity contribution in [3.05, 3.63) is 47.0 Å². The van der Waals surface area contributed by atoms with Gasteiger partial charge in [0.05, 0.1) is 19.6 Å². The highest BCUT2D eigenvalue weighted by Gasteiger charge is 2.50. The first kappa shape index (κ1) is 24.2. The number of ether oxygens (including phenoxy) is 2. The van der Waals surface area contributed by atoms with E-state index in [-0.39, 0.29) is 17.4 Å². The van der Waals surface area contributed by atoms with Crippen LogP contribution in [0.4, 0.5) is 4.79 Å². The number of halogens is 1. The number of hydrogen-bond donors (Lipinski definition) is 1. The molecule has 2 saturated heterocycles. The number of rotatable bonds is 6. The van der Waals surface area contributed by atoms with Crippen molar-refractivity contribution in [3.8, 4) is 11.5 Å². The highest BCUT2D eigenvalue weighted by molar-refractivity contribution is 6.34. The van der Waals surface area contributed by atoms with E-state index in [0.717, 1.165) is 23.5 Å². The summed E-state index contributed by atoms with van der Waals surface area (Å²) in [4.78, 5) is 37.8. The number of nitrogens with one attached hydrogen (secondary N) is 1. The molecule has 0 atom stereocenters. The van der Waals surface area contributed by atoms with E-state index in [9.17, 15) is 9.59 Å². The normalized spacial score (nSPS) is 16.3. The molecule has 4 heterocycles. The molecule has 2 aromatic heterocycles. The number of likely N-dealkylation sites (tertiary alicyclic amines) is 2. The lowest BCUT2D eigenvalue weighted by molar-refractivity contribution is 0.0116. The zero-order valence-electron chi connectivity index (χ0n) is 20.6. The van der Waals surface area contributed by atoms with Gasteiger partial charge in [0.25, 0.3) is 5.91 Å². The molecular weight excluding hydrogens is 484 g/mol. The quantitative estimate of drug-likeness (QED) is 0.510. The largest absolute Gasteiger partial charge is 0.497 e. The Bertz CT molecular complexity index is 1300. The van der Waals surface area contributed by atoms with Gasteiger partial charge < -0.3 is 29.2 Å². The summed E-state index contributed by atoms with van der Waals surface area (Å²) in [5.41, 5.74) is 2.14. The zero-order chi connectivity index (χ0) is 25.4. The van der Waals surface area contributed by atoms with Crippen LogP contribution < -0.4 is 14.8 Å². The average Bonchev–Trinajstić information content (AvgIpc) is 3.46. The Hall–Kier alpha value is -3.53. The smallest absolute Gasteiger partial charge is 0.317 e. The Morgan fingerprint density at radius 2 is 1.75 bits per heavy atom. The van der Waals surface area contributed by atoms with Gasteiger partial charge in [-0.2, -0.15) is 0 Å². The van der Waals surface area contributed by atoms with Gasteiger partial charge >= 0.3 is 6.03 Å². The minimum atomic E-state index is -0.0755. The second-order valence-electron chi connectivity index (χ2n) is 9.53. The molecule has 1 spiro atoms. The van der Waals surface area contributed by atoms with Gasteiger partial charge in [-0.25, -0.2) is 14.8 Å². The maximum absolute atomic E-state index is 13.2. The molecule has 0 saturated carbocycles. The molecule has 36 heavy (non-hydrogen) atoms. The maximum Gasteiger partial charge on any atom is 0.317 e. The van der Waals surface area contributed by atoms with Gasteiger partial charge in [0.2, 0.25) is 0 Å². The summed E-state index contributed by atoms with van der Waals surface area (Å²) in [6, 6.07) is 7.37. The van der Waals surface area contributed by atoms with E-state index >= 15 is 0 Å². The Labute approximate surface area is 214 Å². The van der Waals surface area contributed by atoms with Crippen LogP contribution in [-0.4, -0.2) is 83.2 Å².